The topological polar surface area (TPSA) is 47.7 Å². The van der Waals surface area contributed by atoms with Crippen LogP contribution in [0.1, 0.15) is 17.0 Å². The normalized spacial score (nSPS) is 10.5. The van der Waals surface area contributed by atoms with E-state index in [-0.39, 0.29) is 12.4 Å². The zero-order valence-corrected chi connectivity index (χ0v) is 12.0. The maximum absolute atomic E-state index is 12.3. The Labute approximate surface area is 118 Å². The van der Waals surface area contributed by atoms with Crippen LogP contribution < -0.4 is 5.32 Å². The van der Waals surface area contributed by atoms with Crippen LogP contribution in [0.3, 0.4) is 0 Å². The first kappa shape index (κ1) is 15.7. The van der Waals surface area contributed by atoms with Crippen molar-refractivity contribution < 1.29 is 4.39 Å². The largest absolute Gasteiger partial charge is 0.307 e. The highest BCUT2D eigenvalue weighted by Gasteiger charge is 2.05. The molecule has 0 radical (unpaired) electrons. The Balaban J connectivity index is 0.00000180. The fraction of sp³-hybridized carbons (Fsp3) is 0.500. The van der Waals surface area contributed by atoms with Gasteiger partial charge in [0.2, 0.25) is 0 Å². The number of nitrogens with one attached hydrogen (secondary N) is 1. The van der Waals surface area contributed by atoms with Crippen LogP contribution in [-0.4, -0.2) is 26.2 Å². The Bertz CT molecular complexity index is 508. The molecule has 19 heavy (non-hydrogen) atoms. The minimum absolute atomic E-state index is 0. The van der Waals surface area contributed by atoms with Crippen molar-refractivity contribution in [2.75, 3.05) is 6.67 Å². The SMILES string of the molecule is Cc1c(CNCc2ccnn2CCF)cnn1C.Cl. The summed E-state index contributed by atoms with van der Waals surface area (Å²) in [7, 11) is 1.93. The zero-order chi connectivity index (χ0) is 13.0. The van der Waals surface area contributed by atoms with Crippen LogP contribution in [0.15, 0.2) is 18.5 Å². The molecule has 0 bridgehead atoms. The number of nitrogens with zero attached hydrogens (tertiary/aromatic N) is 4. The van der Waals surface area contributed by atoms with Gasteiger partial charge in [-0.05, 0) is 13.0 Å². The number of alkyl halides is 1. The molecule has 5 nitrogen and oxygen atoms in total. The number of rotatable bonds is 6. The molecule has 7 heteroatoms. The molecule has 0 aromatic carbocycles. The summed E-state index contributed by atoms with van der Waals surface area (Å²) in [5, 5.41) is 11.6. The fourth-order valence-corrected chi connectivity index (χ4v) is 1.83. The molecule has 0 spiro atoms. The van der Waals surface area contributed by atoms with E-state index in [4.69, 9.17) is 0 Å². The molecule has 2 aromatic heterocycles. The second kappa shape index (κ2) is 7.25. The second-order valence-corrected chi connectivity index (χ2v) is 4.22. The summed E-state index contributed by atoms with van der Waals surface area (Å²) in [5.41, 5.74) is 3.32. The van der Waals surface area contributed by atoms with Gasteiger partial charge in [-0.2, -0.15) is 10.2 Å². The summed E-state index contributed by atoms with van der Waals surface area (Å²) in [4.78, 5) is 0. The third kappa shape index (κ3) is 3.78. The summed E-state index contributed by atoms with van der Waals surface area (Å²) in [6, 6.07) is 1.90. The minimum Gasteiger partial charge on any atom is -0.307 e. The van der Waals surface area contributed by atoms with E-state index in [1.54, 1.807) is 10.9 Å². The van der Waals surface area contributed by atoms with Crippen molar-refractivity contribution in [2.45, 2.75) is 26.6 Å². The Morgan fingerprint density at radius 2 is 2.11 bits per heavy atom. The maximum Gasteiger partial charge on any atom is 0.109 e. The van der Waals surface area contributed by atoms with Crippen molar-refractivity contribution in [3.63, 3.8) is 0 Å². The molecule has 106 valence electrons. The first-order valence-corrected chi connectivity index (χ1v) is 5.97. The number of halogens is 2. The highest BCUT2D eigenvalue weighted by Crippen LogP contribution is 2.05. The standard InChI is InChI=1S/C12H18FN5.ClH/c1-10-11(8-16-17(10)2)7-14-9-12-3-5-15-18(12)6-4-13;/h3,5,8,14H,4,6-7,9H2,1-2H3;1H. The highest BCUT2D eigenvalue weighted by atomic mass is 35.5. The van der Waals surface area contributed by atoms with Gasteiger partial charge in [-0.15, -0.1) is 12.4 Å². The molecule has 0 amide bonds. The smallest absolute Gasteiger partial charge is 0.109 e. The van der Waals surface area contributed by atoms with Crippen LogP contribution >= 0.6 is 12.4 Å². The molecule has 0 saturated carbocycles. The molecule has 2 aromatic rings. The van der Waals surface area contributed by atoms with Crippen molar-refractivity contribution in [1.29, 1.82) is 0 Å². The average Bonchev–Trinajstić information content (AvgIpc) is 2.92. The monoisotopic (exact) mass is 287 g/mol. The van der Waals surface area contributed by atoms with Gasteiger partial charge in [0.15, 0.2) is 0 Å². The van der Waals surface area contributed by atoms with Crippen molar-refractivity contribution in [3.05, 3.63) is 35.4 Å². The molecule has 0 saturated heterocycles. The first-order chi connectivity index (χ1) is 8.72. The van der Waals surface area contributed by atoms with Crippen LogP contribution in [-0.2, 0) is 26.7 Å². The third-order valence-electron chi connectivity index (χ3n) is 3.06. The lowest BCUT2D eigenvalue weighted by Crippen LogP contribution is -2.17. The van der Waals surface area contributed by atoms with Crippen LogP contribution in [0.25, 0.3) is 0 Å². The van der Waals surface area contributed by atoms with Crippen LogP contribution in [0.5, 0.6) is 0 Å². The summed E-state index contributed by atoms with van der Waals surface area (Å²) < 4.78 is 15.8. The van der Waals surface area contributed by atoms with Gasteiger partial charge >= 0.3 is 0 Å². The Kier molecular flexibility index (Phi) is 5.98. The molecule has 2 rings (SSSR count). The van der Waals surface area contributed by atoms with Gasteiger partial charge in [0, 0.05) is 37.6 Å². The van der Waals surface area contributed by atoms with Crippen molar-refractivity contribution in [2.24, 2.45) is 7.05 Å². The predicted octanol–water partition coefficient (Wildman–Crippen LogP) is 1.61. The molecule has 2 heterocycles. The van der Waals surface area contributed by atoms with E-state index >= 15 is 0 Å². The van der Waals surface area contributed by atoms with Gasteiger partial charge in [0.25, 0.3) is 0 Å². The summed E-state index contributed by atoms with van der Waals surface area (Å²) >= 11 is 0. The Hall–Kier alpha value is -1.40. The Morgan fingerprint density at radius 1 is 1.32 bits per heavy atom. The summed E-state index contributed by atoms with van der Waals surface area (Å²) in [6.45, 7) is 3.39. The molecular weight excluding hydrogens is 269 g/mol. The number of aromatic nitrogens is 4. The minimum atomic E-state index is -0.392. The lowest BCUT2D eigenvalue weighted by atomic mass is 10.2. The van der Waals surface area contributed by atoms with Crippen molar-refractivity contribution in [1.82, 2.24) is 24.9 Å². The molecule has 1 N–H and O–H groups in total. The van der Waals surface area contributed by atoms with Crippen molar-refractivity contribution >= 4 is 12.4 Å². The maximum atomic E-state index is 12.3. The van der Waals surface area contributed by atoms with Gasteiger partial charge in [0.1, 0.15) is 6.67 Å². The van der Waals surface area contributed by atoms with Crippen LogP contribution in [0.2, 0.25) is 0 Å². The van der Waals surface area contributed by atoms with Gasteiger partial charge in [-0.25, -0.2) is 4.39 Å². The van der Waals surface area contributed by atoms with E-state index in [2.05, 4.69) is 15.5 Å². The van der Waals surface area contributed by atoms with Crippen molar-refractivity contribution in [3.8, 4) is 0 Å². The summed E-state index contributed by atoms with van der Waals surface area (Å²) in [6.07, 6.45) is 3.56. The van der Waals surface area contributed by atoms with Gasteiger partial charge in [0.05, 0.1) is 18.4 Å². The summed E-state index contributed by atoms with van der Waals surface area (Å²) in [5.74, 6) is 0. The van der Waals surface area contributed by atoms with Gasteiger partial charge in [-0.1, -0.05) is 0 Å². The molecule has 0 fully saturated rings. The molecule has 0 unspecified atom stereocenters. The lowest BCUT2D eigenvalue weighted by Gasteiger charge is -2.07. The van der Waals surface area contributed by atoms with Gasteiger partial charge < -0.3 is 5.32 Å². The molecule has 0 aliphatic heterocycles. The predicted molar refractivity (Wildman–Crippen MR) is 73.9 cm³/mol. The van der Waals surface area contributed by atoms with E-state index in [1.807, 2.05) is 30.9 Å². The lowest BCUT2D eigenvalue weighted by molar-refractivity contribution is 0.417. The molecule has 0 aliphatic carbocycles. The van der Waals surface area contributed by atoms with E-state index < -0.39 is 6.67 Å². The van der Waals surface area contributed by atoms with E-state index in [1.165, 1.54) is 5.56 Å². The Morgan fingerprint density at radius 3 is 2.74 bits per heavy atom. The fourth-order valence-electron chi connectivity index (χ4n) is 1.83. The number of aryl methyl sites for hydroxylation is 2. The molecular formula is C12H19ClFN5. The third-order valence-corrected chi connectivity index (χ3v) is 3.06. The molecule has 0 atom stereocenters. The quantitative estimate of drug-likeness (QED) is 0.878. The number of hydrogen-bond acceptors (Lipinski definition) is 3. The second-order valence-electron chi connectivity index (χ2n) is 4.22. The first-order valence-electron chi connectivity index (χ1n) is 5.97. The van der Waals surface area contributed by atoms with Crippen LogP contribution in [0, 0.1) is 6.92 Å². The highest BCUT2D eigenvalue weighted by molar-refractivity contribution is 5.85. The number of hydrogen-bond donors (Lipinski definition) is 1. The van der Waals surface area contributed by atoms with Crippen LogP contribution in [0.4, 0.5) is 4.39 Å². The van der Waals surface area contributed by atoms with E-state index in [9.17, 15) is 4.39 Å². The van der Waals surface area contributed by atoms with E-state index in [0.29, 0.717) is 13.1 Å². The average molecular weight is 288 g/mol. The van der Waals surface area contributed by atoms with Gasteiger partial charge in [-0.3, -0.25) is 9.36 Å². The zero-order valence-electron chi connectivity index (χ0n) is 11.1. The van der Waals surface area contributed by atoms with E-state index in [0.717, 1.165) is 17.9 Å². The molecule has 0 aliphatic rings.